The number of hydrogen-bond donors (Lipinski definition) is 1. The van der Waals surface area contributed by atoms with Crippen LogP contribution in [-0.2, 0) is 49.0 Å². The largest absolute Gasteiger partial charge is 0.459 e. The van der Waals surface area contributed by atoms with Crippen molar-refractivity contribution in [2.45, 2.75) is 112 Å². The number of carbonyl (C=O) groups is 4. The number of carbonyl (C=O) groups excluding carboxylic acids is 4. The van der Waals surface area contributed by atoms with Gasteiger partial charge in [0.15, 0.2) is 0 Å². The van der Waals surface area contributed by atoms with Crippen molar-refractivity contribution >= 4 is 31.4 Å². The van der Waals surface area contributed by atoms with E-state index in [1.807, 2.05) is 114 Å². The number of rotatable bonds is 16. The second-order valence-corrected chi connectivity index (χ2v) is 20.5. The Labute approximate surface area is 348 Å². The van der Waals surface area contributed by atoms with Gasteiger partial charge in [0.2, 0.25) is 7.37 Å². The van der Waals surface area contributed by atoms with Crippen LogP contribution in [0.15, 0.2) is 30.3 Å². The van der Waals surface area contributed by atoms with Gasteiger partial charge in [0.1, 0.15) is 23.4 Å². The van der Waals surface area contributed by atoms with E-state index in [2.05, 4.69) is 10.2 Å². The average molecular weight is 840 g/mol. The Balaban J connectivity index is 2.25. The summed E-state index contributed by atoms with van der Waals surface area (Å²) in [6, 6.07) is 9.41. The van der Waals surface area contributed by atoms with E-state index in [0.29, 0.717) is 71.6 Å². The number of nitrogens with one attached hydrogen (secondary N) is 1. The molecular weight excluding hydrogens is 765 g/mol. The van der Waals surface area contributed by atoms with E-state index in [-0.39, 0.29) is 69.7 Å². The van der Waals surface area contributed by atoms with Crippen LogP contribution in [0.5, 0.6) is 0 Å². The second-order valence-electron chi connectivity index (χ2n) is 17.9. The van der Waals surface area contributed by atoms with Crippen molar-refractivity contribution in [3.05, 3.63) is 35.9 Å². The summed E-state index contributed by atoms with van der Waals surface area (Å²) < 4.78 is 42.7. The summed E-state index contributed by atoms with van der Waals surface area (Å²) in [5, 5.41) is 2.75. The van der Waals surface area contributed by atoms with Gasteiger partial charge < -0.3 is 28.8 Å². The van der Waals surface area contributed by atoms with Gasteiger partial charge >= 0.3 is 24.0 Å². The molecule has 1 aliphatic heterocycles. The number of nitrogens with zero attached hydrogens (tertiary/aromatic N) is 4. The van der Waals surface area contributed by atoms with Gasteiger partial charge in [-0.2, -0.15) is 0 Å². The second kappa shape index (κ2) is 24.9. The zero-order valence-corrected chi connectivity index (χ0v) is 38.0. The maximum absolute atomic E-state index is 14.4. The van der Waals surface area contributed by atoms with Crippen molar-refractivity contribution in [2.75, 3.05) is 97.6 Å². The van der Waals surface area contributed by atoms with E-state index in [4.69, 9.17) is 23.5 Å². The molecule has 58 heavy (non-hydrogen) atoms. The lowest BCUT2D eigenvalue weighted by molar-refractivity contribution is -0.158. The fourth-order valence-electron chi connectivity index (χ4n) is 6.33. The molecule has 1 unspecified atom stereocenters. The number of hydrogen-bond acceptors (Lipinski definition) is 14. The van der Waals surface area contributed by atoms with Crippen LogP contribution >= 0.6 is 7.37 Å². The van der Waals surface area contributed by atoms with Gasteiger partial charge in [0, 0.05) is 58.5 Å². The molecule has 1 fully saturated rings. The predicted octanol–water partition coefficient (Wildman–Crippen LogP) is 5.60. The summed E-state index contributed by atoms with van der Waals surface area (Å²) in [6.07, 6.45) is 1.63. The summed E-state index contributed by atoms with van der Waals surface area (Å²) in [5.41, 5.74) is -1.02. The normalized spacial score (nSPS) is 17.7. The van der Waals surface area contributed by atoms with Gasteiger partial charge in [-0.3, -0.25) is 38.5 Å². The van der Waals surface area contributed by atoms with Crippen LogP contribution in [0.25, 0.3) is 0 Å². The van der Waals surface area contributed by atoms with Crippen LogP contribution in [-0.4, -0.2) is 158 Å². The van der Waals surface area contributed by atoms with Crippen LogP contribution in [0.3, 0.4) is 0 Å². The first-order valence-corrected chi connectivity index (χ1v) is 22.7. The number of alkyl carbamates (subject to hydrolysis) is 1. The van der Waals surface area contributed by atoms with Crippen LogP contribution in [0.2, 0.25) is 0 Å². The molecule has 0 saturated carbocycles. The minimum absolute atomic E-state index is 0.0794. The SMILES string of the molecule is CCOP(=O)(CCCNC(=O)OCc1ccccc1)CN1CCCN(CC(=O)OC(C)(C)C)CCN(CC(=O)OC(C)(C)C)CCCN(CC(=O)OC(C)(C)C)CC1. The van der Waals surface area contributed by atoms with Gasteiger partial charge in [0.25, 0.3) is 0 Å². The van der Waals surface area contributed by atoms with Gasteiger partial charge in [0.05, 0.1) is 32.5 Å². The first-order chi connectivity index (χ1) is 27.0. The lowest BCUT2D eigenvalue weighted by Crippen LogP contribution is -2.45. The Morgan fingerprint density at radius 2 is 1.05 bits per heavy atom. The molecule has 1 amide bonds. The van der Waals surface area contributed by atoms with Gasteiger partial charge in [-0.25, -0.2) is 4.79 Å². The van der Waals surface area contributed by atoms with Crippen molar-refractivity contribution in [1.29, 1.82) is 0 Å². The lowest BCUT2D eigenvalue weighted by atomic mass is 10.2. The Hall–Kier alpha value is -3.07. The lowest BCUT2D eigenvalue weighted by Gasteiger charge is -2.33. The fourth-order valence-corrected chi connectivity index (χ4v) is 8.69. The molecule has 1 aromatic carbocycles. The third-order valence-corrected chi connectivity index (χ3v) is 11.2. The number of benzene rings is 1. The summed E-state index contributed by atoms with van der Waals surface area (Å²) >= 11 is 0. The zero-order valence-electron chi connectivity index (χ0n) is 37.1. The highest BCUT2D eigenvalue weighted by Crippen LogP contribution is 2.47. The molecule has 1 aromatic rings. The highest BCUT2D eigenvalue weighted by Gasteiger charge is 2.28. The molecule has 332 valence electrons. The van der Waals surface area contributed by atoms with Crippen molar-refractivity contribution in [3.8, 4) is 0 Å². The number of esters is 3. The third-order valence-electron chi connectivity index (χ3n) is 8.62. The Morgan fingerprint density at radius 3 is 1.47 bits per heavy atom. The summed E-state index contributed by atoms with van der Waals surface area (Å²) in [4.78, 5) is 59.6. The minimum Gasteiger partial charge on any atom is -0.459 e. The van der Waals surface area contributed by atoms with Crippen molar-refractivity contribution in [2.24, 2.45) is 0 Å². The van der Waals surface area contributed by atoms with Gasteiger partial charge in [-0.1, -0.05) is 30.3 Å². The highest BCUT2D eigenvalue weighted by molar-refractivity contribution is 7.58. The molecule has 1 atom stereocenters. The molecule has 0 aromatic heterocycles. The van der Waals surface area contributed by atoms with Crippen LogP contribution < -0.4 is 5.32 Å². The van der Waals surface area contributed by atoms with Gasteiger partial charge in [-0.15, -0.1) is 0 Å². The number of amides is 1. The first kappa shape index (κ1) is 51.1. The van der Waals surface area contributed by atoms with E-state index >= 15 is 0 Å². The summed E-state index contributed by atoms with van der Waals surface area (Å²) in [7, 11) is -3.19. The van der Waals surface area contributed by atoms with E-state index in [1.54, 1.807) is 0 Å². The molecule has 1 N–H and O–H groups in total. The van der Waals surface area contributed by atoms with E-state index in [9.17, 15) is 23.7 Å². The van der Waals surface area contributed by atoms with Crippen LogP contribution in [0, 0.1) is 0 Å². The van der Waals surface area contributed by atoms with Crippen molar-refractivity contribution < 1.29 is 47.2 Å². The molecule has 1 heterocycles. The molecule has 1 aliphatic rings. The van der Waals surface area contributed by atoms with Crippen molar-refractivity contribution in [3.63, 3.8) is 0 Å². The Bertz CT molecular complexity index is 1440. The zero-order chi connectivity index (χ0) is 43.4. The molecule has 0 aliphatic carbocycles. The van der Waals surface area contributed by atoms with Crippen molar-refractivity contribution in [1.82, 2.24) is 24.9 Å². The first-order valence-electron chi connectivity index (χ1n) is 20.8. The molecule has 0 radical (unpaired) electrons. The smallest absolute Gasteiger partial charge is 0.407 e. The number of ether oxygens (including phenoxy) is 4. The monoisotopic (exact) mass is 840 g/mol. The van der Waals surface area contributed by atoms with Gasteiger partial charge in [-0.05, 0) is 101 Å². The fraction of sp³-hybridized carbons (Fsp3) is 0.762. The molecular formula is C42H74N5O10P. The van der Waals surface area contributed by atoms with E-state index in [0.717, 1.165) is 5.56 Å². The topological polar surface area (TPSA) is 156 Å². The maximum atomic E-state index is 14.4. The van der Waals surface area contributed by atoms with E-state index in [1.165, 1.54) is 0 Å². The summed E-state index contributed by atoms with van der Waals surface area (Å²) in [5.74, 6) is -0.996. The van der Waals surface area contributed by atoms with Crippen LogP contribution in [0.1, 0.15) is 94.1 Å². The molecule has 0 bridgehead atoms. The predicted molar refractivity (Wildman–Crippen MR) is 226 cm³/mol. The maximum Gasteiger partial charge on any atom is 0.407 e. The molecule has 16 heteroatoms. The quantitative estimate of drug-likeness (QED) is 0.0950. The molecule has 15 nitrogen and oxygen atoms in total. The molecule has 1 saturated heterocycles. The highest BCUT2D eigenvalue weighted by atomic mass is 31.2. The standard InChI is InChI=1S/C42H74N5O10P/c1-11-54-58(52,29-15-20-43-39(51)53-33-35-18-13-12-14-19-35)34-47-24-17-23-45(31-37(49)56-41(5,6)7)26-25-44(30-36(48)55-40(2,3)4)21-16-22-46(27-28-47)32-38(50)57-42(8,9)10/h12-14,18-19H,11,15-17,20-34H2,1-10H3,(H,43,51). The summed E-state index contributed by atoms with van der Waals surface area (Å²) in [6.45, 7) is 23.5. The average Bonchev–Trinajstić information content (AvgIpc) is 3.07. The minimum atomic E-state index is -3.19. The molecule has 0 spiro atoms. The molecule has 2 rings (SSSR count). The third kappa shape index (κ3) is 24.8. The van der Waals surface area contributed by atoms with Crippen LogP contribution in [0.4, 0.5) is 4.79 Å². The Kier molecular flexibility index (Phi) is 21.9. The van der Waals surface area contributed by atoms with E-state index < -0.39 is 30.3 Å². The Morgan fingerprint density at radius 1 is 0.638 bits per heavy atom.